The highest BCUT2D eigenvalue weighted by Crippen LogP contribution is 2.20. The van der Waals surface area contributed by atoms with Crippen molar-refractivity contribution in [2.24, 2.45) is 11.7 Å². The summed E-state index contributed by atoms with van der Waals surface area (Å²) in [5.74, 6) is 0.361. The Morgan fingerprint density at radius 1 is 1.40 bits per heavy atom. The zero-order chi connectivity index (χ0) is 14.6. The molecule has 0 radical (unpaired) electrons. The first kappa shape index (κ1) is 15.4. The largest absolute Gasteiger partial charge is 0.381 e. The molecular weight excluding hydrogens is 278 g/mol. The smallest absolute Gasteiger partial charge is 0.244 e. The molecule has 1 fully saturated rings. The summed E-state index contributed by atoms with van der Waals surface area (Å²) in [5, 5.41) is 0. The first-order valence-corrected chi connectivity index (χ1v) is 8.17. The minimum atomic E-state index is -3.47. The Morgan fingerprint density at radius 2 is 2.10 bits per heavy atom. The summed E-state index contributed by atoms with van der Waals surface area (Å²) < 4.78 is 31.5. The van der Waals surface area contributed by atoms with Gasteiger partial charge >= 0.3 is 0 Å². The Morgan fingerprint density at radius 3 is 2.65 bits per heavy atom. The first-order chi connectivity index (χ1) is 9.54. The SMILES string of the molecule is CN(CC1CCOCC1)S(=O)(=O)c1ccc(CN)nc1. The van der Waals surface area contributed by atoms with Gasteiger partial charge in [-0.15, -0.1) is 0 Å². The van der Waals surface area contributed by atoms with Crippen LogP contribution >= 0.6 is 0 Å². The second-order valence-corrected chi connectivity index (χ2v) is 7.08. The van der Waals surface area contributed by atoms with E-state index in [1.165, 1.54) is 10.5 Å². The molecule has 0 atom stereocenters. The molecule has 1 aliphatic heterocycles. The summed E-state index contributed by atoms with van der Waals surface area (Å²) in [6, 6.07) is 3.21. The van der Waals surface area contributed by atoms with E-state index in [1.54, 1.807) is 19.2 Å². The molecule has 6 nitrogen and oxygen atoms in total. The van der Waals surface area contributed by atoms with Gasteiger partial charge in [0.2, 0.25) is 10.0 Å². The van der Waals surface area contributed by atoms with E-state index in [-0.39, 0.29) is 4.90 Å². The van der Waals surface area contributed by atoms with Crippen molar-refractivity contribution in [3.8, 4) is 0 Å². The zero-order valence-corrected chi connectivity index (χ0v) is 12.5. The summed E-state index contributed by atoms with van der Waals surface area (Å²) >= 11 is 0. The molecule has 0 aromatic carbocycles. The molecule has 20 heavy (non-hydrogen) atoms. The number of nitrogens with zero attached hydrogens (tertiary/aromatic N) is 2. The van der Waals surface area contributed by atoms with Crippen molar-refractivity contribution in [2.75, 3.05) is 26.8 Å². The van der Waals surface area contributed by atoms with Crippen molar-refractivity contribution in [1.29, 1.82) is 0 Å². The Balaban J connectivity index is 2.07. The Bertz CT molecular complexity index is 524. The lowest BCUT2D eigenvalue weighted by atomic mass is 10.0. The Hall–Kier alpha value is -1.02. The van der Waals surface area contributed by atoms with Gasteiger partial charge < -0.3 is 10.5 Å². The van der Waals surface area contributed by atoms with Gasteiger partial charge in [-0.3, -0.25) is 4.98 Å². The number of sulfonamides is 1. The van der Waals surface area contributed by atoms with Crippen LogP contribution in [-0.4, -0.2) is 44.5 Å². The van der Waals surface area contributed by atoms with E-state index in [0.29, 0.717) is 37.9 Å². The van der Waals surface area contributed by atoms with E-state index in [1.807, 2.05) is 0 Å². The number of nitrogens with two attached hydrogens (primary N) is 1. The number of aromatic nitrogens is 1. The molecule has 2 rings (SSSR count). The fourth-order valence-electron chi connectivity index (χ4n) is 2.25. The number of ether oxygens (including phenoxy) is 1. The monoisotopic (exact) mass is 299 g/mol. The molecule has 1 aliphatic rings. The van der Waals surface area contributed by atoms with Gasteiger partial charge in [0.05, 0.1) is 5.69 Å². The van der Waals surface area contributed by atoms with Crippen LogP contribution in [-0.2, 0) is 21.3 Å². The molecule has 0 spiro atoms. The molecule has 0 bridgehead atoms. The Labute approximate surface area is 120 Å². The van der Waals surface area contributed by atoms with Gasteiger partial charge in [-0.05, 0) is 30.9 Å². The van der Waals surface area contributed by atoms with Gasteiger partial charge in [0.15, 0.2) is 0 Å². The average Bonchev–Trinajstić information content (AvgIpc) is 2.48. The predicted molar refractivity (Wildman–Crippen MR) is 75.5 cm³/mol. The number of hydrogen-bond donors (Lipinski definition) is 1. The van der Waals surface area contributed by atoms with Crippen LogP contribution in [0.3, 0.4) is 0 Å². The molecule has 0 saturated carbocycles. The summed E-state index contributed by atoms with van der Waals surface area (Å²) in [6.45, 7) is 2.25. The molecular formula is C13H21N3O3S. The lowest BCUT2D eigenvalue weighted by Gasteiger charge is -2.26. The van der Waals surface area contributed by atoms with E-state index in [4.69, 9.17) is 10.5 Å². The van der Waals surface area contributed by atoms with Crippen LogP contribution in [0.5, 0.6) is 0 Å². The predicted octanol–water partition coefficient (Wildman–Crippen LogP) is 0.587. The van der Waals surface area contributed by atoms with Gasteiger partial charge in [-0.1, -0.05) is 0 Å². The van der Waals surface area contributed by atoms with Crippen LogP contribution in [0, 0.1) is 5.92 Å². The second kappa shape index (κ2) is 6.62. The quantitative estimate of drug-likeness (QED) is 0.860. The highest BCUT2D eigenvalue weighted by atomic mass is 32.2. The highest BCUT2D eigenvalue weighted by molar-refractivity contribution is 7.89. The van der Waals surface area contributed by atoms with Crippen molar-refractivity contribution < 1.29 is 13.2 Å². The third-order valence-electron chi connectivity index (χ3n) is 3.57. The maximum absolute atomic E-state index is 12.4. The zero-order valence-electron chi connectivity index (χ0n) is 11.7. The molecule has 0 aliphatic carbocycles. The average molecular weight is 299 g/mol. The number of hydrogen-bond acceptors (Lipinski definition) is 5. The molecule has 7 heteroatoms. The molecule has 112 valence electrons. The van der Waals surface area contributed by atoms with Crippen molar-refractivity contribution in [3.63, 3.8) is 0 Å². The minimum Gasteiger partial charge on any atom is -0.381 e. The van der Waals surface area contributed by atoms with Crippen LogP contribution in [0.1, 0.15) is 18.5 Å². The third kappa shape index (κ3) is 3.54. The van der Waals surface area contributed by atoms with Gasteiger partial charge in [0, 0.05) is 39.5 Å². The standard InChI is InChI=1S/C13H21N3O3S/c1-16(10-11-4-6-19-7-5-11)20(17,18)13-3-2-12(8-14)15-9-13/h2-3,9,11H,4-8,10,14H2,1H3. The fraction of sp³-hybridized carbons (Fsp3) is 0.615. The first-order valence-electron chi connectivity index (χ1n) is 6.73. The molecule has 1 aromatic rings. The Kier molecular flexibility index (Phi) is 5.09. The topological polar surface area (TPSA) is 85.5 Å². The maximum Gasteiger partial charge on any atom is 0.244 e. The fourth-order valence-corrected chi connectivity index (χ4v) is 3.45. The van der Waals surface area contributed by atoms with Crippen molar-refractivity contribution in [3.05, 3.63) is 24.0 Å². The van der Waals surface area contributed by atoms with Crippen LogP contribution in [0.25, 0.3) is 0 Å². The van der Waals surface area contributed by atoms with Crippen molar-refractivity contribution >= 4 is 10.0 Å². The molecule has 1 saturated heterocycles. The van der Waals surface area contributed by atoms with Gasteiger partial charge in [0.25, 0.3) is 0 Å². The number of rotatable bonds is 5. The minimum absolute atomic E-state index is 0.212. The van der Waals surface area contributed by atoms with Gasteiger partial charge in [-0.25, -0.2) is 12.7 Å². The summed E-state index contributed by atoms with van der Waals surface area (Å²) in [4.78, 5) is 4.25. The lowest BCUT2D eigenvalue weighted by Crippen LogP contribution is -2.34. The highest BCUT2D eigenvalue weighted by Gasteiger charge is 2.25. The van der Waals surface area contributed by atoms with Gasteiger partial charge in [-0.2, -0.15) is 0 Å². The van der Waals surface area contributed by atoms with E-state index in [2.05, 4.69) is 4.98 Å². The normalized spacial score (nSPS) is 17.6. The van der Waals surface area contributed by atoms with Gasteiger partial charge in [0.1, 0.15) is 4.90 Å². The number of pyridine rings is 1. The maximum atomic E-state index is 12.4. The summed E-state index contributed by atoms with van der Waals surface area (Å²) in [7, 11) is -1.86. The van der Waals surface area contributed by atoms with Crippen LogP contribution < -0.4 is 5.73 Å². The molecule has 0 unspecified atom stereocenters. The summed E-state index contributed by atoms with van der Waals surface area (Å²) in [6.07, 6.45) is 3.19. The van der Waals surface area contributed by atoms with Crippen molar-refractivity contribution in [2.45, 2.75) is 24.3 Å². The molecule has 2 N–H and O–H groups in total. The molecule has 1 aromatic heterocycles. The van der Waals surface area contributed by atoms with Crippen LogP contribution in [0.15, 0.2) is 23.2 Å². The van der Waals surface area contributed by atoms with Crippen LogP contribution in [0.2, 0.25) is 0 Å². The summed E-state index contributed by atoms with van der Waals surface area (Å²) in [5.41, 5.74) is 6.14. The van der Waals surface area contributed by atoms with Crippen molar-refractivity contribution in [1.82, 2.24) is 9.29 Å². The molecule has 0 amide bonds. The molecule has 2 heterocycles. The van der Waals surface area contributed by atoms with E-state index < -0.39 is 10.0 Å². The van der Waals surface area contributed by atoms with E-state index >= 15 is 0 Å². The van der Waals surface area contributed by atoms with Crippen LogP contribution in [0.4, 0.5) is 0 Å². The second-order valence-electron chi connectivity index (χ2n) is 5.03. The van der Waals surface area contributed by atoms with E-state index in [0.717, 1.165) is 12.8 Å². The lowest BCUT2D eigenvalue weighted by molar-refractivity contribution is 0.0620. The third-order valence-corrected chi connectivity index (χ3v) is 5.38. The van der Waals surface area contributed by atoms with E-state index in [9.17, 15) is 8.42 Å².